The minimum absolute atomic E-state index is 0.192. The molecule has 2 heterocycles. The zero-order valence-corrected chi connectivity index (χ0v) is 17.6. The number of aromatic nitrogens is 2. The second kappa shape index (κ2) is 8.12. The van der Waals surface area contributed by atoms with Crippen molar-refractivity contribution in [2.45, 2.75) is 0 Å². The number of carbonyl (C=O) groups excluding carboxylic acids is 2. The molecule has 158 valence electrons. The van der Waals surface area contributed by atoms with Crippen molar-refractivity contribution in [2.24, 2.45) is 0 Å². The van der Waals surface area contributed by atoms with Crippen LogP contribution in [0.3, 0.4) is 0 Å². The van der Waals surface area contributed by atoms with Gasteiger partial charge >= 0.3 is 0 Å². The smallest absolute Gasteiger partial charge is 0.291 e. The van der Waals surface area contributed by atoms with Gasteiger partial charge in [-0.1, -0.05) is 18.2 Å². The van der Waals surface area contributed by atoms with Crippen LogP contribution in [0.15, 0.2) is 71.1 Å². The van der Waals surface area contributed by atoms with Gasteiger partial charge in [-0.25, -0.2) is 0 Å². The molecule has 0 unspecified atom stereocenters. The monoisotopic (exact) mass is 444 g/mol. The third-order valence-electron chi connectivity index (χ3n) is 4.87. The molecule has 0 bridgehead atoms. The van der Waals surface area contributed by atoms with Crippen LogP contribution in [0.5, 0.6) is 5.75 Å². The van der Waals surface area contributed by atoms with Crippen LogP contribution in [0.25, 0.3) is 22.0 Å². The molecule has 2 N–H and O–H groups in total. The topological polar surface area (TPSA) is 106 Å². The number of rotatable bonds is 5. The molecule has 5 aromatic rings. The average Bonchev–Trinajstić information content (AvgIpc) is 3.46. The van der Waals surface area contributed by atoms with Gasteiger partial charge in [0.05, 0.1) is 24.5 Å². The van der Waals surface area contributed by atoms with Crippen LogP contribution in [0.4, 0.5) is 11.4 Å². The van der Waals surface area contributed by atoms with E-state index in [4.69, 9.17) is 9.15 Å². The van der Waals surface area contributed by atoms with Crippen LogP contribution in [-0.4, -0.2) is 27.7 Å². The Hall–Kier alpha value is -4.24. The van der Waals surface area contributed by atoms with Crippen molar-refractivity contribution in [3.8, 4) is 5.75 Å². The number of benzene rings is 3. The number of nitrogens with zero attached hydrogens (tertiary/aromatic N) is 2. The van der Waals surface area contributed by atoms with Crippen molar-refractivity contribution < 1.29 is 18.7 Å². The standard InChI is InChI=1S/C23H16N4O4S/c1-30-20-12-15(24-22(28)14-6-8-16-18(10-14)27-32-26-16)7-9-17(20)25-23(29)21-11-13-4-2-3-5-19(13)31-21/h2-12H,1H3,(H,24,28)(H,25,29). The highest BCUT2D eigenvalue weighted by Gasteiger charge is 2.16. The fourth-order valence-electron chi connectivity index (χ4n) is 3.28. The Bertz CT molecular complexity index is 1440. The zero-order valence-electron chi connectivity index (χ0n) is 16.8. The number of para-hydroxylation sites is 1. The van der Waals surface area contributed by atoms with Gasteiger partial charge in [-0.2, -0.15) is 8.75 Å². The Morgan fingerprint density at radius 2 is 1.75 bits per heavy atom. The molecule has 32 heavy (non-hydrogen) atoms. The second-order valence-corrected chi connectivity index (χ2v) is 7.47. The van der Waals surface area contributed by atoms with Crippen molar-refractivity contribution in [3.63, 3.8) is 0 Å². The number of furan rings is 1. The van der Waals surface area contributed by atoms with Gasteiger partial charge in [0.2, 0.25) is 0 Å². The van der Waals surface area contributed by atoms with E-state index in [1.165, 1.54) is 7.11 Å². The minimum Gasteiger partial charge on any atom is -0.494 e. The van der Waals surface area contributed by atoms with Gasteiger partial charge in [0.15, 0.2) is 5.76 Å². The maximum atomic E-state index is 12.6. The first-order valence-corrected chi connectivity index (χ1v) is 10.4. The van der Waals surface area contributed by atoms with Gasteiger partial charge in [-0.05, 0) is 42.5 Å². The van der Waals surface area contributed by atoms with E-state index in [1.807, 2.05) is 18.2 Å². The molecule has 0 aliphatic carbocycles. The number of hydrogen-bond acceptors (Lipinski definition) is 7. The third kappa shape index (κ3) is 3.77. The average molecular weight is 444 g/mol. The predicted molar refractivity (Wildman–Crippen MR) is 123 cm³/mol. The molecule has 0 aliphatic heterocycles. The fourth-order valence-corrected chi connectivity index (χ4v) is 3.79. The van der Waals surface area contributed by atoms with E-state index in [1.54, 1.807) is 48.5 Å². The Morgan fingerprint density at radius 3 is 2.59 bits per heavy atom. The van der Waals surface area contributed by atoms with E-state index in [-0.39, 0.29) is 11.7 Å². The van der Waals surface area contributed by atoms with Gasteiger partial charge in [-0.3, -0.25) is 9.59 Å². The lowest BCUT2D eigenvalue weighted by molar-refractivity contribution is 0.0996. The first-order valence-electron chi connectivity index (χ1n) is 9.62. The molecule has 9 heteroatoms. The van der Waals surface area contributed by atoms with Gasteiger partial charge in [-0.15, -0.1) is 0 Å². The Balaban J connectivity index is 1.33. The van der Waals surface area contributed by atoms with Crippen LogP contribution in [-0.2, 0) is 0 Å². The molecule has 5 rings (SSSR count). The fraction of sp³-hybridized carbons (Fsp3) is 0.0435. The molecule has 0 aliphatic rings. The number of carbonyl (C=O) groups is 2. The first-order chi connectivity index (χ1) is 15.6. The van der Waals surface area contributed by atoms with E-state index in [0.29, 0.717) is 33.8 Å². The summed E-state index contributed by atoms with van der Waals surface area (Å²) in [5.41, 5.74) is 3.48. The lowest BCUT2D eigenvalue weighted by Crippen LogP contribution is -2.13. The number of ether oxygens (including phenoxy) is 1. The maximum absolute atomic E-state index is 12.6. The minimum atomic E-state index is -0.401. The summed E-state index contributed by atoms with van der Waals surface area (Å²) in [6, 6.07) is 19.2. The highest BCUT2D eigenvalue weighted by Crippen LogP contribution is 2.29. The first kappa shape index (κ1) is 19.7. The van der Waals surface area contributed by atoms with Crippen LogP contribution < -0.4 is 15.4 Å². The quantitative estimate of drug-likeness (QED) is 0.397. The molecule has 0 fully saturated rings. The van der Waals surface area contributed by atoms with E-state index in [9.17, 15) is 9.59 Å². The summed E-state index contributed by atoms with van der Waals surface area (Å²) in [5, 5.41) is 6.45. The van der Waals surface area contributed by atoms with Crippen LogP contribution in [0, 0.1) is 0 Å². The molecule has 0 atom stereocenters. The van der Waals surface area contributed by atoms with Crippen LogP contribution in [0.2, 0.25) is 0 Å². The molecular weight excluding hydrogens is 428 g/mol. The Morgan fingerprint density at radius 1 is 0.906 bits per heavy atom. The van der Waals surface area contributed by atoms with E-state index >= 15 is 0 Å². The van der Waals surface area contributed by atoms with Gasteiger partial charge in [0, 0.05) is 22.7 Å². The molecule has 3 aromatic carbocycles. The molecule has 0 radical (unpaired) electrons. The normalized spacial score (nSPS) is 10.9. The van der Waals surface area contributed by atoms with Crippen molar-refractivity contribution in [1.29, 1.82) is 0 Å². The number of fused-ring (bicyclic) bond motifs is 2. The molecule has 8 nitrogen and oxygen atoms in total. The largest absolute Gasteiger partial charge is 0.494 e. The lowest BCUT2D eigenvalue weighted by Gasteiger charge is -2.12. The highest BCUT2D eigenvalue weighted by molar-refractivity contribution is 7.00. The highest BCUT2D eigenvalue weighted by atomic mass is 32.1. The lowest BCUT2D eigenvalue weighted by atomic mass is 10.1. The number of nitrogens with one attached hydrogen (secondary N) is 2. The van der Waals surface area contributed by atoms with Crippen molar-refractivity contribution in [2.75, 3.05) is 17.7 Å². The van der Waals surface area contributed by atoms with Gasteiger partial charge < -0.3 is 19.8 Å². The van der Waals surface area contributed by atoms with Crippen molar-refractivity contribution in [1.82, 2.24) is 8.75 Å². The van der Waals surface area contributed by atoms with Crippen molar-refractivity contribution >= 4 is 56.9 Å². The summed E-state index contributed by atoms with van der Waals surface area (Å²) in [6.45, 7) is 0. The van der Waals surface area contributed by atoms with E-state index in [0.717, 1.165) is 22.6 Å². The Kier molecular flexibility index (Phi) is 5.00. The molecular formula is C23H16N4O4S. The van der Waals surface area contributed by atoms with E-state index in [2.05, 4.69) is 19.4 Å². The summed E-state index contributed by atoms with van der Waals surface area (Å²) in [6.07, 6.45) is 0. The number of anilines is 2. The maximum Gasteiger partial charge on any atom is 0.291 e. The third-order valence-corrected chi connectivity index (χ3v) is 5.43. The molecule has 2 amide bonds. The summed E-state index contributed by atoms with van der Waals surface area (Å²) >= 11 is 1.10. The number of methoxy groups -OCH3 is 1. The summed E-state index contributed by atoms with van der Waals surface area (Å²) in [7, 11) is 1.49. The predicted octanol–water partition coefficient (Wildman–Crippen LogP) is 4.95. The zero-order chi connectivity index (χ0) is 22.1. The molecule has 0 saturated carbocycles. The molecule has 0 saturated heterocycles. The Labute approximate surface area is 186 Å². The van der Waals surface area contributed by atoms with Gasteiger partial charge in [0.25, 0.3) is 11.8 Å². The number of amides is 2. The molecule has 2 aromatic heterocycles. The molecule has 0 spiro atoms. The summed E-state index contributed by atoms with van der Waals surface area (Å²) in [4.78, 5) is 25.3. The summed E-state index contributed by atoms with van der Waals surface area (Å²) in [5.74, 6) is -0.105. The van der Waals surface area contributed by atoms with Crippen LogP contribution >= 0.6 is 11.7 Å². The van der Waals surface area contributed by atoms with Crippen molar-refractivity contribution in [3.05, 3.63) is 78.1 Å². The summed E-state index contributed by atoms with van der Waals surface area (Å²) < 4.78 is 19.3. The number of hydrogen-bond donors (Lipinski definition) is 2. The van der Waals surface area contributed by atoms with Crippen LogP contribution in [0.1, 0.15) is 20.9 Å². The van der Waals surface area contributed by atoms with E-state index < -0.39 is 5.91 Å². The van der Waals surface area contributed by atoms with Gasteiger partial charge in [0.1, 0.15) is 22.4 Å². The second-order valence-electron chi connectivity index (χ2n) is 6.94. The SMILES string of the molecule is COc1cc(NC(=O)c2ccc3nsnc3c2)ccc1NC(=O)c1cc2ccccc2o1.